The van der Waals surface area contributed by atoms with Crippen molar-refractivity contribution >= 4 is 28.6 Å². The Morgan fingerprint density at radius 3 is 2.73 bits per heavy atom. The first-order valence-electron chi connectivity index (χ1n) is 7.94. The molecule has 0 aliphatic rings. The minimum absolute atomic E-state index is 0.00373. The van der Waals surface area contributed by atoms with E-state index in [9.17, 15) is 14.0 Å². The van der Waals surface area contributed by atoms with Gasteiger partial charge in [-0.2, -0.15) is 0 Å². The Hall–Kier alpha value is -2.80. The van der Waals surface area contributed by atoms with Crippen molar-refractivity contribution in [1.29, 1.82) is 0 Å². The monoisotopic (exact) mass is 375 g/mol. The molecular formula is C18H15ClFN3O3. The first kappa shape index (κ1) is 18.0. The molecule has 0 N–H and O–H groups in total. The zero-order valence-corrected chi connectivity index (χ0v) is 14.7. The highest BCUT2D eigenvalue weighted by Gasteiger charge is 2.19. The van der Waals surface area contributed by atoms with E-state index in [1.807, 2.05) is 0 Å². The largest absolute Gasteiger partial charge is 0.462 e. The van der Waals surface area contributed by atoms with E-state index in [1.165, 1.54) is 18.6 Å². The number of esters is 1. The summed E-state index contributed by atoms with van der Waals surface area (Å²) in [6.45, 7) is 2.05. The number of hydrogen-bond donors (Lipinski definition) is 0. The lowest BCUT2D eigenvalue weighted by Crippen LogP contribution is -2.22. The molecule has 26 heavy (non-hydrogen) atoms. The topological polar surface area (TPSA) is 74.1 Å². The molecule has 0 bridgehead atoms. The van der Waals surface area contributed by atoms with Gasteiger partial charge in [-0.05, 0) is 25.1 Å². The lowest BCUT2D eigenvalue weighted by atomic mass is 10.1. The average Bonchev–Trinajstić information content (AvgIpc) is 2.64. The van der Waals surface area contributed by atoms with Crippen LogP contribution in [-0.2, 0) is 11.3 Å². The van der Waals surface area contributed by atoms with Gasteiger partial charge in [-0.15, -0.1) is 11.6 Å². The summed E-state index contributed by atoms with van der Waals surface area (Å²) in [4.78, 5) is 32.9. The molecule has 3 aromatic rings. The smallest absolute Gasteiger partial charge is 0.343 e. The molecule has 0 aliphatic heterocycles. The molecule has 0 amide bonds. The maximum absolute atomic E-state index is 14.6. The zero-order chi connectivity index (χ0) is 18.7. The van der Waals surface area contributed by atoms with Gasteiger partial charge in [0.05, 0.1) is 12.0 Å². The van der Waals surface area contributed by atoms with Gasteiger partial charge in [0.15, 0.2) is 0 Å². The zero-order valence-electron chi connectivity index (χ0n) is 13.9. The standard InChI is InChI=1S/C18H15ClFN3O3/c1-2-26-18(25)13-10-23(8-5-19)17-12(16(13)24)9-14(20)15(22-17)11-3-6-21-7-4-11/h3-4,6-7,9-10H,2,5,8H2,1H3. The van der Waals surface area contributed by atoms with E-state index < -0.39 is 17.2 Å². The highest BCUT2D eigenvalue weighted by molar-refractivity contribution is 6.17. The number of carbonyl (C=O) groups is 1. The summed E-state index contributed by atoms with van der Waals surface area (Å²) in [5.74, 6) is -1.20. The molecule has 0 atom stereocenters. The maximum Gasteiger partial charge on any atom is 0.343 e. The molecule has 0 fully saturated rings. The molecule has 0 saturated carbocycles. The first-order chi connectivity index (χ1) is 12.6. The third kappa shape index (κ3) is 3.30. The van der Waals surface area contributed by atoms with Gasteiger partial charge in [0.1, 0.15) is 22.7 Å². The van der Waals surface area contributed by atoms with Crippen molar-refractivity contribution in [1.82, 2.24) is 14.5 Å². The molecule has 0 radical (unpaired) electrons. The van der Waals surface area contributed by atoms with Crippen LogP contribution in [0.15, 0.2) is 41.6 Å². The van der Waals surface area contributed by atoms with Gasteiger partial charge < -0.3 is 9.30 Å². The molecule has 0 unspecified atom stereocenters. The SMILES string of the molecule is CCOC(=O)c1cn(CCCl)c2nc(-c3ccncc3)c(F)cc2c1=O. The van der Waals surface area contributed by atoms with Gasteiger partial charge in [-0.25, -0.2) is 14.2 Å². The van der Waals surface area contributed by atoms with Gasteiger partial charge in [-0.1, -0.05) is 0 Å². The molecule has 3 heterocycles. The quantitative estimate of drug-likeness (QED) is 0.506. The van der Waals surface area contributed by atoms with E-state index in [0.29, 0.717) is 12.1 Å². The average molecular weight is 376 g/mol. The van der Waals surface area contributed by atoms with Crippen LogP contribution in [0.3, 0.4) is 0 Å². The van der Waals surface area contributed by atoms with E-state index in [2.05, 4.69) is 9.97 Å². The Balaban J connectivity index is 2.30. The van der Waals surface area contributed by atoms with Crippen LogP contribution >= 0.6 is 11.6 Å². The van der Waals surface area contributed by atoms with Crippen LogP contribution in [-0.4, -0.2) is 33.0 Å². The van der Waals surface area contributed by atoms with Crippen molar-refractivity contribution < 1.29 is 13.9 Å². The van der Waals surface area contributed by atoms with Crippen molar-refractivity contribution in [2.75, 3.05) is 12.5 Å². The Kier molecular flexibility index (Phi) is 5.27. The molecule has 0 aromatic carbocycles. The number of carbonyl (C=O) groups excluding carboxylic acids is 1. The van der Waals surface area contributed by atoms with E-state index in [-0.39, 0.29) is 34.8 Å². The van der Waals surface area contributed by atoms with Gasteiger partial charge >= 0.3 is 5.97 Å². The number of halogens is 2. The highest BCUT2D eigenvalue weighted by atomic mass is 35.5. The van der Waals surface area contributed by atoms with Crippen LogP contribution in [0.25, 0.3) is 22.3 Å². The lowest BCUT2D eigenvalue weighted by molar-refractivity contribution is 0.0524. The van der Waals surface area contributed by atoms with Gasteiger partial charge in [-0.3, -0.25) is 9.78 Å². The highest BCUT2D eigenvalue weighted by Crippen LogP contribution is 2.23. The summed E-state index contributed by atoms with van der Waals surface area (Å²) in [6.07, 6.45) is 4.40. The molecule has 3 rings (SSSR count). The summed E-state index contributed by atoms with van der Waals surface area (Å²) in [6, 6.07) is 4.33. The van der Waals surface area contributed by atoms with Crippen LogP contribution < -0.4 is 5.43 Å². The van der Waals surface area contributed by atoms with Crippen LogP contribution in [0.4, 0.5) is 4.39 Å². The maximum atomic E-state index is 14.6. The van der Waals surface area contributed by atoms with E-state index >= 15 is 0 Å². The number of hydrogen-bond acceptors (Lipinski definition) is 5. The van der Waals surface area contributed by atoms with Gasteiger partial charge in [0.25, 0.3) is 0 Å². The Labute approximate surface area is 153 Å². The molecule has 0 saturated heterocycles. The third-order valence-electron chi connectivity index (χ3n) is 3.78. The first-order valence-corrected chi connectivity index (χ1v) is 8.47. The molecular weight excluding hydrogens is 361 g/mol. The molecule has 8 heteroatoms. The lowest BCUT2D eigenvalue weighted by Gasteiger charge is -2.13. The number of rotatable bonds is 5. The number of fused-ring (bicyclic) bond motifs is 1. The van der Waals surface area contributed by atoms with Gasteiger partial charge in [0.2, 0.25) is 5.43 Å². The van der Waals surface area contributed by atoms with Crippen LogP contribution in [0.5, 0.6) is 0 Å². The van der Waals surface area contributed by atoms with Crippen molar-refractivity contribution in [3.05, 3.63) is 58.4 Å². The van der Waals surface area contributed by atoms with Crippen molar-refractivity contribution in [3.8, 4) is 11.3 Å². The molecule has 134 valence electrons. The molecule has 0 aliphatic carbocycles. The third-order valence-corrected chi connectivity index (χ3v) is 3.95. The number of ether oxygens (including phenoxy) is 1. The number of nitrogens with zero attached hydrogens (tertiary/aromatic N) is 3. The second kappa shape index (κ2) is 7.61. The summed E-state index contributed by atoms with van der Waals surface area (Å²) in [5, 5.41) is -0.00373. The Morgan fingerprint density at radius 2 is 2.08 bits per heavy atom. The summed E-state index contributed by atoms with van der Waals surface area (Å²) >= 11 is 5.83. The number of aryl methyl sites for hydroxylation is 1. The molecule has 6 nitrogen and oxygen atoms in total. The van der Waals surface area contributed by atoms with E-state index in [0.717, 1.165) is 6.07 Å². The fourth-order valence-corrected chi connectivity index (χ4v) is 2.80. The Bertz CT molecular complexity index is 1020. The van der Waals surface area contributed by atoms with Crippen LogP contribution in [0.1, 0.15) is 17.3 Å². The van der Waals surface area contributed by atoms with E-state index in [1.54, 1.807) is 23.6 Å². The molecule has 3 aromatic heterocycles. The normalized spacial score (nSPS) is 10.9. The van der Waals surface area contributed by atoms with Crippen molar-refractivity contribution in [2.24, 2.45) is 0 Å². The second-order valence-electron chi connectivity index (χ2n) is 5.40. The second-order valence-corrected chi connectivity index (χ2v) is 5.78. The summed E-state index contributed by atoms with van der Waals surface area (Å²) in [5.41, 5.74) is 0.0569. The Morgan fingerprint density at radius 1 is 1.35 bits per heavy atom. The minimum atomic E-state index is -0.763. The fourth-order valence-electron chi connectivity index (χ4n) is 2.61. The predicted molar refractivity (Wildman–Crippen MR) is 95.9 cm³/mol. The van der Waals surface area contributed by atoms with E-state index in [4.69, 9.17) is 16.3 Å². The number of alkyl halides is 1. The fraction of sp³-hybridized carbons (Fsp3) is 0.222. The van der Waals surface area contributed by atoms with Crippen molar-refractivity contribution in [3.63, 3.8) is 0 Å². The summed E-state index contributed by atoms with van der Waals surface area (Å²) in [7, 11) is 0. The van der Waals surface area contributed by atoms with Crippen LogP contribution in [0, 0.1) is 5.82 Å². The van der Waals surface area contributed by atoms with Crippen LogP contribution in [0.2, 0.25) is 0 Å². The minimum Gasteiger partial charge on any atom is -0.462 e. The van der Waals surface area contributed by atoms with Gasteiger partial charge in [0, 0.05) is 36.6 Å². The summed E-state index contributed by atoms with van der Waals surface area (Å²) < 4.78 is 21.1. The van der Waals surface area contributed by atoms with Crippen molar-refractivity contribution in [2.45, 2.75) is 13.5 Å². The predicted octanol–water partition coefficient (Wildman–Crippen LogP) is 3.01. The number of pyridine rings is 3. The molecule has 0 spiro atoms. The number of aromatic nitrogens is 3.